The highest BCUT2D eigenvalue weighted by atomic mass is 19.4. The number of carbonyl (C=O) groups is 2. The van der Waals surface area contributed by atoms with Gasteiger partial charge >= 0.3 is 6.18 Å². The quantitative estimate of drug-likeness (QED) is 0.333. The number of alkyl halides is 3. The van der Waals surface area contributed by atoms with E-state index < -0.39 is 46.9 Å². The van der Waals surface area contributed by atoms with Gasteiger partial charge in [0.1, 0.15) is 5.69 Å². The maximum Gasteiger partial charge on any atom is 0.451 e. The lowest BCUT2D eigenvalue weighted by Gasteiger charge is -2.40. The minimum atomic E-state index is -4.77. The number of aromatic amines is 1. The number of aromatic nitrogens is 4. The van der Waals surface area contributed by atoms with Crippen molar-refractivity contribution < 1.29 is 36.3 Å². The van der Waals surface area contributed by atoms with E-state index in [2.05, 4.69) is 25.5 Å². The Hall–Kier alpha value is -4.21. The van der Waals surface area contributed by atoms with Crippen LogP contribution >= 0.6 is 0 Å². The second-order valence-electron chi connectivity index (χ2n) is 12.3. The van der Waals surface area contributed by atoms with Crippen molar-refractivity contribution in [3.63, 3.8) is 0 Å². The number of rotatable bonds is 7. The Balaban J connectivity index is 1.28. The summed E-state index contributed by atoms with van der Waals surface area (Å²) in [4.78, 5) is 37.5. The van der Waals surface area contributed by atoms with Crippen LogP contribution in [0.1, 0.15) is 55.1 Å². The number of ether oxygens (including phenoxy) is 1. The first-order chi connectivity index (χ1) is 21.3. The van der Waals surface area contributed by atoms with Crippen molar-refractivity contribution in [3.05, 3.63) is 41.3 Å². The molecule has 2 aliphatic heterocycles. The number of piperidine rings is 1. The number of pyridine rings is 1. The summed E-state index contributed by atoms with van der Waals surface area (Å²) in [5.74, 6) is -3.65. The van der Waals surface area contributed by atoms with Crippen molar-refractivity contribution in [1.82, 2.24) is 30.4 Å². The third-order valence-corrected chi connectivity index (χ3v) is 9.02. The molecule has 1 spiro atoms. The Morgan fingerprint density at radius 3 is 2.60 bits per heavy atom. The van der Waals surface area contributed by atoms with Crippen molar-refractivity contribution in [1.29, 1.82) is 0 Å². The molecule has 5 heterocycles. The van der Waals surface area contributed by atoms with Gasteiger partial charge in [0.05, 0.1) is 24.7 Å². The predicted octanol–water partition coefficient (Wildman–Crippen LogP) is 3.15. The van der Waals surface area contributed by atoms with E-state index in [1.807, 2.05) is 13.8 Å². The number of methoxy groups -OCH3 is 1. The molecule has 16 heteroatoms. The average molecular weight is 635 g/mol. The Kier molecular flexibility index (Phi) is 7.73. The van der Waals surface area contributed by atoms with Gasteiger partial charge in [-0.1, -0.05) is 0 Å². The third-order valence-electron chi connectivity index (χ3n) is 9.02. The van der Waals surface area contributed by atoms with Crippen LogP contribution in [0.25, 0.3) is 11.3 Å². The molecule has 12 nitrogen and oxygen atoms in total. The van der Waals surface area contributed by atoms with Gasteiger partial charge in [-0.2, -0.15) is 23.3 Å². The van der Waals surface area contributed by atoms with Gasteiger partial charge in [0, 0.05) is 54.8 Å². The largest absolute Gasteiger partial charge is 0.481 e. The molecule has 0 bridgehead atoms. The number of piperazine rings is 1. The first-order valence-electron chi connectivity index (χ1n) is 14.7. The molecule has 5 atom stereocenters. The van der Waals surface area contributed by atoms with Gasteiger partial charge in [-0.15, -0.1) is 0 Å². The summed E-state index contributed by atoms with van der Waals surface area (Å²) >= 11 is 0. The Morgan fingerprint density at radius 1 is 1.20 bits per heavy atom. The van der Waals surface area contributed by atoms with Crippen LogP contribution < -0.4 is 20.7 Å². The zero-order valence-electron chi connectivity index (χ0n) is 24.9. The summed E-state index contributed by atoms with van der Waals surface area (Å²) in [6.45, 7) is 4.88. The number of carbonyl (C=O) groups excluding carboxylic acids is 2. The number of nitrogens with two attached hydrogens (primary N) is 1. The lowest BCUT2D eigenvalue weighted by atomic mass is 9.86. The summed E-state index contributed by atoms with van der Waals surface area (Å²) in [5, 5.41) is 10.1. The minimum Gasteiger partial charge on any atom is -0.481 e. The molecule has 3 aliphatic rings. The highest BCUT2D eigenvalue weighted by Gasteiger charge is 2.63. The lowest BCUT2D eigenvalue weighted by molar-refractivity contribution is -0.153. The number of amides is 2. The van der Waals surface area contributed by atoms with E-state index in [1.54, 1.807) is 9.80 Å². The summed E-state index contributed by atoms with van der Waals surface area (Å²) in [6, 6.07) is 2.70. The van der Waals surface area contributed by atoms with E-state index in [1.165, 1.54) is 19.2 Å². The number of H-pyrrole nitrogens is 1. The summed E-state index contributed by atoms with van der Waals surface area (Å²) in [6.07, 6.45) is -3.05. The number of nitrogens with zero attached hydrogens (tertiary/aromatic N) is 5. The van der Waals surface area contributed by atoms with Gasteiger partial charge in [-0.3, -0.25) is 14.7 Å². The van der Waals surface area contributed by atoms with Crippen molar-refractivity contribution in [2.75, 3.05) is 31.6 Å². The van der Waals surface area contributed by atoms with Crippen LogP contribution in [0.2, 0.25) is 0 Å². The number of nitrogens with one attached hydrogen (secondary N) is 2. The van der Waals surface area contributed by atoms with Gasteiger partial charge in [0.15, 0.2) is 5.82 Å². The number of hydrogen-bond acceptors (Lipinski definition) is 9. The Labute approximate surface area is 255 Å². The molecule has 6 rings (SSSR count). The first-order valence-corrected chi connectivity index (χ1v) is 14.7. The zero-order valence-corrected chi connectivity index (χ0v) is 24.9. The van der Waals surface area contributed by atoms with E-state index in [0.29, 0.717) is 25.9 Å². The molecule has 1 aliphatic carbocycles. The van der Waals surface area contributed by atoms with E-state index in [9.17, 15) is 27.2 Å². The van der Waals surface area contributed by atoms with Gasteiger partial charge in [0.2, 0.25) is 17.5 Å². The highest BCUT2D eigenvalue weighted by Crippen LogP contribution is 2.57. The molecule has 0 radical (unpaired) electrons. The summed E-state index contributed by atoms with van der Waals surface area (Å²) in [7, 11) is 1.38. The molecule has 2 amide bonds. The maximum atomic E-state index is 14.5. The number of halogens is 4. The third kappa shape index (κ3) is 5.82. The summed E-state index contributed by atoms with van der Waals surface area (Å²) in [5.41, 5.74) is 4.75. The summed E-state index contributed by atoms with van der Waals surface area (Å²) < 4.78 is 67.4. The molecule has 3 aromatic rings. The van der Waals surface area contributed by atoms with Crippen LogP contribution in [0.4, 0.5) is 23.6 Å². The number of hydrogen-bond donors (Lipinski definition) is 3. The monoisotopic (exact) mass is 634 g/mol. The highest BCUT2D eigenvalue weighted by molar-refractivity contribution is 5.94. The molecular formula is C29H34F4N8O4. The smallest absolute Gasteiger partial charge is 0.451 e. The van der Waals surface area contributed by atoms with E-state index in [-0.39, 0.29) is 66.0 Å². The molecule has 3 aromatic heterocycles. The fourth-order valence-electron chi connectivity index (χ4n) is 6.90. The molecule has 1 saturated carbocycles. The van der Waals surface area contributed by atoms with Gasteiger partial charge in [0.25, 0.3) is 11.9 Å². The second-order valence-corrected chi connectivity index (χ2v) is 12.3. The normalized spacial score (nSPS) is 26.7. The molecule has 3 unspecified atom stereocenters. The molecule has 4 N–H and O–H groups in total. The van der Waals surface area contributed by atoms with E-state index >= 15 is 0 Å². The van der Waals surface area contributed by atoms with Gasteiger partial charge in [-0.25, -0.2) is 9.37 Å². The van der Waals surface area contributed by atoms with Gasteiger partial charge < -0.3 is 30.0 Å². The number of likely N-dealkylation sites (tertiary alicyclic amines) is 1. The molecule has 3 fully saturated rings. The molecule has 2 saturated heterocycles. The minimum absolute atomic E-state index is 0.0257. The Bertz CT molecular complexity index is 1600. The second kappa shape index (κ2) is 11.3. The van der Waals surface area contributed by atoms with E-state index in [0.717, 1.165) is 6.20 Å². The van der Waals surface area contributed by atoms with Crippen LogP contribution in [-0.4, -0.2) is 81.2 Å². The zero-order chi connectivity index (χ0) is 32.3. The number of anilines is 1. The lowest BCUT2D eigenvalue weighted by Crippen LogP contribution is -2.54. The molecular weight excluding hydrogens is 600 g/mol. The predicted molar refractivity (Wildman–Crippen MR) is 152 cm³/mol. The maximum absolute atomic E-state index is 14.5. The van der Waals surface area contributed by atoms with Crippen molar-refractivity contribution >= 4 is 17.8 Å². The van der Waals surface area contributed by atoms with Crippen molar-refractivity contribution in [2.45, 2.75) is 63.3 Å². The van der Waals surface area contributed by atoms with Crippen molar-refractivity contribution in [3.8, 4) is 17.1 Å². The first kappa shape index (κ1) is 30.8. The number of oxazole rings is 1. The van der Waals surface area contributed by atoms with Gasteiger partial charge in [-0.05, 0) is 51.5 Å². The molecule has 0 aromatic carbocycles. The van der Waals surface area contributed by atoms with E-state index in [4.69, 9.17) is 14.9 Å². The van der Waals surface area contributed by atoms with Crippen LogP contribution in [0.3, 0.4) is 0 Å². The Morgan fingerprint density at radius 2 is 1.93 bits per heavy atom. The fourth-order valence-corrected chi connectivity index (χ4v) is 6.90. The van der Waals surface area contributed by atoms with Crippen LogP contribution in [-0.2, 0) is 17.4 Å². The molecule has 45 heavy (non-hydrogen) atoms. The SMILES string of the molecule is COc1cc(-c2cc(C(=O)N3CCC(C(N)=O)CC34CC4Cc3nc(N4C[C@@H](C)N[C@@H](C)C4)oc3C(F)(F)F)[nH]n2)c(F)cn1. The topological polar surface area (TPSA) is 156 Å². The fraction of sp³-hybridized carbons (Fsp3) is 0.552. The van der Waals surface area contributed by atoms with Crippen molar-refractivity contribution in [2.24, 2.45) is 17.6 Å². The van der Waals surface area contributed by atoms with Crippen LogP contribution in [0, 0.1) is 17.7 Å². The standard InChI is InChI=1S/C29H34F4N8O4/c1-14-12-40(13-15(2)36-14)27-37-21(24(45-27)29(31,32)33)6-17-10-28(17)9-16(25(34)42)4-5-41(28)26(43)22-8-20(38-39-22)18-7-23(44-3)35-11-19(18)30/h7-8,11,14-17,36H,4-6,9-10,12-13H2,1-3H3,(H2,34,42)(H,38,39)/t14-,15+,16?,17?,28?. The van der Waals surface area contributed by atoms with Crippen LogP contribution in [0.15, 0.2) is 22.7 Å². The van der Waals surface area contributed by atoms with Crippen LogP contribution in [0.5, 0.6) is 5.88 Å². The number of primary amides is 1. The molecule has 242 valence electrons. The average Bonchev–Trinajstić information content (AvgIpc) is 3.32.